The van der Waals surface area contributed by atoms with Crippen LogP contribution in [0, 0.1) is 11.6 Å². The molecular formula is C21H20F2N2O. The van der Waals surface area contributed by atoms with Gasteiger partial charge in [0.15, 0.2) is 0 Å². The lowest BCUT2D eigenvalue weighted by Crippen LogP contribution is -2.23. The van der Waals surface area contributed by atoms with Gasteiger partial charge in [0.05, 0.1) is 12.2 Å². The smallest absolute Gasteiger partial charge is 0.211 e. The lowest BCUT2D eigenvalue weighted by Gasteiger charge is -2.22. The van der Waals surface area contributed by atoms with E-state index in [4.69, 9.17) is 4.42 Å². The van der Waals surface area contributed by atoms with Gasteiger partial charge in [0.25, 0.3) is 0 Å². The highest BCUT2D eigenvalue weighted by Gasteiger charge is 2.30. The summed E-state index contributed by atoms with van der Waals surface area (Å²) in [5, 5.41) is 0. The normalized spacial score (nSPS) is 17.7. The van der Waals surface area contributed by atoms with Crippen LogP contribution in [0.25, 0.3) is 0 Å². The Kier molecular flexibility index (Phi) is 4.80. The third kappa shape index (κ3) is 3.53. The van der Waals surface area contributed by atoms with Gasteiger partial charge in [-0.1, -0.05) is 36.4 Å². The van der Waals surface area contributed by atoms with E-state index >= 15 is 0 Å². The lowest BCUT2D eigenvalue weighted by atomic mass is 10.1. The van der Waals surface area contributed by atoms with Crippen LogP contribution in [0.1, 0.15) is 41.7 Å². The van der Waals surface area contributed by atoms with E-state index in [1.54, 1.807) is 24.4 Å². The summed E-state index contributed by atoms with van der Waals surface area (Å²) < 4.78 is 33.7. The van der Waals surface area contributed by atoms with Crippen molar-refractivity contribution in [3.63, 3.8) is 0 Å². The molecule has 1 aromatic heterocycles. The number of rotatable bonds is 5. The van der Waals surface area contributed by atoms with Crippen molar-refractivity contribution in [2.45, 2.75) is 31.8 Å². The molecule has 0 saturated carbocycles. The summed E-state index contributed by atoms with van der Waals surface area (Å²) in [6.07, 6.45) is 3.99. The van der Waals surface area contributed by atoms with Crippen LogP contribution in [-0.2, 0) is 13.0 Å². The van der Waals surface area contributed by atoms with Crippen LogP contribution in [0.15, 0.2) is 59.1 Å². The molecule has 1 atom stereocenters. The van der Waals surface area contributed by atoms with Gasteiger partial charge >= 0.3 is 0 Å². The van der Waals surface area contributed by atoms with E-state index in [1.165, 1.54) is 12.1 Å². The number of aromatic nitrogens is 1. The van der Waals surface area contributed by atoms with Gasteiger partial charge in [0.1, 0.15) is 17.4 Å². The van der Waals surface area contributed by atoms with E-state index in [0.29, 0.717) is 35.7 Å². The monoisotopic (exact) mass is 354 g/mol. The molecule has 0 unspecified atom stereocenters. The molecule has 0 amide bonds. The summed E-state index contributed by atoms with van der Waals surface area (Å²) in [6.45, 7) is 1.41. The number of oxazole rings is 1. The maximum absolute atomic E-state index is 14.0. The Morgan fingerprint density at radius 2 is 1.69 bits per heavy atom. The Bertz CT molecular complexity index is 893. The van der Waals surface area contributed by atoms with Crippen molar-refractivity contribution in [1.29, 1.82) is 0 Å². The minimum absolute atomic E-state index is 0.0315. The maximum atomic E-state index is 14.0. The fraction of sp³-hybridized carbons (Fsp3) is 0.286. The molecular weight excluding hydrogens is 334 g/mol. The fourth-order valence-corrected chi connectivity index (χ4v) is 3.53. The highest BCUT2D eigenvalue weighted by atomic mass is 19.1. The number of benzene rings is 2. The SMILES string of the molecule is Fc1ccccc1Cc1cnc([C@H]2CCCN2Cc2ccccc2F)o1. The van der Waals surface area contributed by atoms with Gasteiger partial charge in [-0.15, -0.1) is 0 Å². The molecule has 1 aliphatic rings. The Hall–Kier alpha value is -2.53. The van der Waals surface area contributed by atoms with Crippen LogP contribution >= 0.6 is 0 Å². The molecule has 1 saturated heterocycles. The first-order chi connectivity index (χ1) is 12.7. The van der Waals surface area contributed by atoms with E-state index in [-0.39, 0.29) is 17.7 Å². The van der Waals surface area contributed by atoms with Crippen molar-refractivity contribution >= 4 is 0 Å². The quantitative estimate of drug-likeness (QED) is 0.654. The summed E-state index contributed by atoms with van der Waals surface area (Å²) in [5.74, 6) is 0.839. The Labute approximate surface area is 151 Å². The minimum Gasteiger partial charge on any atom is -0.444 e. The van der Waals surface area contributed by atoms with Crippen molar-refractivity contribution in [3.05, 3.63) is 89.1 Å². The topological polar surface area (TPSA) is 29.3 Å². The third-order valence-corrected chi connectivity index (χ3v) is 4.87. The molecule has 1 fully saturated rings. The van der Waals surface area contributed by atoms with Crippen molar-refractivity contribution < 1.29 is 13.2 Å². The fourth-order valence-electron chi connectivity index (χ4n) is 3.53. The Morgan fingerprint density at radius 1 is 1.00 bits per heavy atom. The van der Waals surface area contributed by atoms with E-state index in [9.17, 15) is 8.78 Å². The number of halogens is 2. The van der Waals surface area contributed by atoms with E-state index in [0.717, 1.165) is 19.4 Å². The average Bonchev–Trinajstić information content (AvgIpc) is 3.28. The molecule has 2 heterocycles. The standard InChI is InChI=1S/C21H20F2N2O/c22-18-8-3-1-6-15(18)12-17-13-24-21(26-17)20-10-5-11-25(20)14-16-7-2-4-9-19(16)23/h1-4,6-9,13,20H,5,10-12,14H2/t20-/m1/s1. The molecule has 26 heavy (non-hydrogen) atoms. The second kappa shape index (κ2) is 7.38. The molecule has 0 N–H and O–H groups in total. The zero-order valence-corrected chi connectivity index (χ0v) is 14.4. The van der Waals surface area contributed by atoms with Crippen LogP contribution in [-0.4, -0.2) is 16.4 Å². The zero-order chi connectivity index (χ0) is 17.9. The van der Waals surface area contributed by atoms with Crippen LogP contribution in [0.3, 0.4) is 0 Å². The molecule has 0 radical (unpaired) electrons. The molecule has 4 rings (SSSR count). The molecule has 0 aliphatic carbocycles. The third-order valence-electron chi connectivity index (χ3n) is 4.87. The zero-order valence-electron chi connectivity index (χ0n) is 14.4. The molecule has 0 bridgehead atoms. The van der Waals surface area contributed by atoms with Gasteiger partial charge in [0.2, 0.25) is 5.89 Å². The summed E-state index contributed by atoms with van der Waals surface area (Å²) in [4.78, 5) is 6.61. The Balaban J connectivity index is 1.49. The van der Waals surface area contributed by atoms with Crippen molar-refractivity contribution in [3.8, 4) is 0 Å². The van der Waals surface area contributed by atoms with Gasteiger partial charge in [-0.2, -0.15) is 0 Å². The molecule has 134 valence electrons. The second-order valence-electron chi connectivity index (χ2n) is 6.65. The van der Waals surface area contributed by atoms with Crippen LogP contribution in [0.2, 0.25) is 0 Å². The van der Waals surface area contributed by atoms with Crippen molar-refractivity contribution in [1.82, 2.24) is 9.88 Å². The van der Waals surface area contributed by atoms with Crippen molar-refractivity contribution in [2.75, 3.05) is 6.54 Å². The molecule has 3 nitrogen and oxygen atoms in total. The first-order valence-corrected chi connectivity index (χ1v) is 8.86. The highest BCUT2D eigenvalue weighted by molar-refractivity contribution is 5.22. The van der Waals surface area contributed by atoms with Crippen LogP contribution in [0.5, 0.6) is 0 Å². The minimum atomic E-state index is -0.243. The molecule has 3 aromatic rings. The van der Waals surface area contributed by atoms with E-state index < -0.39 is 0 Å². The number of hydrogen-bond acceptors (Lipinski definition) is 3. The first kappa shape index (κ1) is 16.9. The molecule has 0 spiro atoms. The first-order valence-electron chi connectivity index (χ1n) is 8.86. The van der Waals surface area contributed by atoms with Gasteiger partial charge in [0, 0.05) is 18.5 Å². The molecule has 1 aliphatic heterocycles. The number of hydrogen-bond donors (Lipinski definition) is 0. The highest BCUT2D eigenvalue weighted by Crippen LogP contribution is 2.33. The van der Waals surface area contributed by atoms with Gasteiger partial charge in [-0.3, -0.25) is 4.90 Å². The second-order valence-corrected chi connectivity index (χ2v) is 6.65. The van der Waals surface area contributed by atoms with Gasteiger partial charge in [-0.25, -0.2) is 13.8 Å². The summed E-state index contributed by atoms with van der Waals surface area (Å²) in [6, 6.07) is 13.5. The van der Waals surface area contributed by atoms with Crippen LogP contribution < -0.4 is 0 Å². The lowest BCUT2D eigenvalue weighted by molar-refractivity contribution is 0.210. The number of likely N-dealkylation sites (tertiary alicyclic amines) is 1. The molecule has 2 aromatic carbocycles. The van der Waals surface area contributed by atoms with Crippen molar-refractivity contribution in [2.24, 2.45) is 0 Å². The predicted molar refractivity (Wildman–Crippen MR) is 94.5 cm³/mol. The maximum Gasteiger partial charge on any atom is 0.211 e. The van der Waals surface area contributed by atoms with Gasteiger partial charge < -0.3 is 4.42 Å². The molecule has 5 heteroatoms. The van der Waals surface area contributed by atoms with Crippen LogP contribution in [0.4, 0.5) is 8.78 Å². The summed E-state index contributed by atoms with van der Waals surface area (Å²) in [5.41, 5.74) is 1.27. The summed E-state index contributed by atoms with van der Waals surface area (Å²) >= 11 is 0. The largest absolute Gasteiger partial charge is 0.444 e. The number of nitrogens with zero attached hydrogens (tertiary/aromatic N) is 2. The van der Waals surface area contributed by atoms with E-state index in [2.05, 4.69) is 9.88 Å². The predicted octanol–water partition coefficient (Wildman–Crippen LogP) is 4.88. The average molecular weight is 354 g/mol. The van der Waals surface area contributed by atoms with Gasteiger partial charge in [-0.05, 0) is 37.1 Å². The van der Waals surface area contributed by atoms with E-state index in [1.807, 2.05) is 18.2 Å². The summed E-state index contributed by atoms with van der Waals surface area (Å²) in [7, 11) is 0. The Morgan fingerprint density at radius 3 is 2.42 bits per heavy atom.